The maximum atomic E-state index is 6.38. The van der Waals surface area contributed by atoms with E-state index in [0.29, 0.717) is 17.5 Å². The average molecular weight is 296 g/mol. The smallest absolute Gasteiger partial charge is 0.137 e. The fourth-order valence-electron chi connectivity index (χ4n) is 3.47. The Hall–Kier alpha value is -0.730. The topological polar surface area (TPSA) is 35.2 Å². The van der Waals surface area contributed by atoms with Crippen molar-refractivity contribution in [3.8, 4) is 5.75 Å². The summed E-state index contributed by atoms with van der Waals surface area (Å²) in [5.41, 5.74) is 8.97. The summed E-state index contributed by atoms with van der Waals surface area (Å²) in [6.45, 7) is 5.15. The second-order valence-electron chi connectivity index (χ2n) is 6.27. The highest BCUT2D eigenvalue weighted by atomic mass is 35.5. The van der Waals surface area contributed by atoms with E-state index in [2.05, 4.69) is 26.0 Å². The zero-order valence-corrected chi connectivity index (χ0v) is 13.6. The molecule has 1 aliphatic rings. The van der Waals surface area contributed by atoms with Crippen LogP contribution in [0.3, 0.4) is 0 Å². The summed E-state index contributed by atoms with van der Waals surface area (Å²) in [4.78, 5) is 0. The molecular weight excluding hydrogens is 270 g/mol. The van der Waals surface area contributed by atoms with E-state index in [1.54, 1.807) is 7.11 Å². The monoisotopic (exact) mass is 295 g/mol. The number of rotatable bonds is 4. The van der Waals surface area contributed by atoms with Crippen molar-refractivity contribution in [3.63, 3.8) is 0 Å². The van der Waals surface area contributed by atoms with Crippen molar-refractivity contribution in [2.75, 3.05) is 13.7 Å². The van der Waals surface area contributed by atoms with E-state index >= 15 is 0 Å². The predicted octanol–water partition coefficient (Wildman–Crippen LogP) is 4.63. The molecule has 0 heterocycles. The van der Waals surface area contributed by atoms with E-state index in [1.807, 2.05) is 0 Å². The Morgan fingerprint density at radius 1 is 1.25 bits per heavy atom. The Balaban J connectivity index is 2.55. The van der Waals surface area contributed by atoms with Crippen LogP contribution < -0.4 is 10.5 Å². The lowest BCUT2D eigenvalue weighted by Gasteiger charge is -2.39. The summed E-state index contributed by atoms with van der Waals surface area (Å²) in [5.74, 6) is 1.21. The van der Waals surface area contributed by atoms with Gasteiger partial charge in [-0.3, -0.25) is 0 Å². The molecule has 1 aromatic rings. The van der Waals surface area contributed by atoms with E-state index in [9.17, 15) is 0 Å². The maximum absolute atomic E-state index is 6.38. The van der Waals surface area contributed by atoms with Gasteiger partial charge in [-0.25, -0.2) is 0 Å². The van der Waals surface area contributed by atoms with Crippen LogP contribution in [0.4, 0.5) is 0 Å². The van der Waals surface area contributed by atoms with Crippen molar-refractivity contribution < 1.29 is 4.74 Å². The van der Waals surface area contributed by atoms with Crippen LogP contribution in [0, 0.1) is 0 Å². The molecule has 0 atom stereocenters. The van der Waals surface area contributed by atoms with E-state index in [0.717, 1.165) is 5.75 Å². The van der Waals surface area contributed by atoms with Crippen molar-refractivity contribution in [2.45, 2.75) is 57.3 Å². The van der Waals surface area contributed by atoms with Crippen LogP contribution in [-0.2, 0) is 5.41 Å². The van der Waals surface area contributed by atoms with Crippen LogP contribution in [0.1, 0.15) is 63.0 Å². The molecular formula is C17H26ClNO. The maximum Gasteiger partial charge on any atom is 0.137 e. The van der Waals surface area contributed by atoms with Crippen molar-refractivity contribution in [1.29, 1.82) is 0 Å². The number of methoxy groups -OCH3 is 1. The molecule has 0 amide bonds. The first-order valence-electron chi connectivity index (χ1n) is 7.62. The van der Waals surface area contributed by atoms with Gasteiger partial charge in [-0.2, -0.15) is 0 Å². The number of halogens is 1. The number of nitrogens with two attached hydrogens (primary N) is 1. The molecule has 0 bridgehead atoms. The van der Waals surface area contributed by atoms with Crippen LogP contribution >= 0.6 is 11.6 Å². The highest BCUT2D eigenvalue weighted by Gasteiger charge is 2.35. The normalized spacial score (nSPS) is 18.3. The van der Waals surface area contributed by atoms with Gasteiger partial charge in [-0.05, 0) is 42.0 Å². The van der Waals surface area contributed by atoms with Crippen LogP contribution in [0.2, 0.25) is 5.02 Å². The molecule has 3 heteroatoms. The molecule has 0 unspecified atom stereocenters. The average Bonchev–Trinajstić information content (AvgIpc) is 2.47. The van der Waals surface area contributed by atoms with Crippen LogP contribution in [-0.4, -0.2) is 13.7 Å². The molecule has 2 nitrogen and oxygen atoms in total. The number of hydrogen-bond acceptors (Lipinski definition) is 2. The largest absolute Gasteiger partial charge is 0.495 e. The molecule has 2 N–H and O–H groups in total. The van der Waals surface area contributed by atoms with Gasteiger partial charge in [0.15, 0.2) is 0 Å². The van der Waals surface area contributed by atoms with E-state index < -0.39 is 0 Å². The lowest BCUT2D eigenvalue weighted by Crippen LogP contribution is -2.38. The standard InChI is InChI=1S/C17H26ClNO/c1-12(2)13-9-16(20-3)15(18)10-14(13)17(11-19)7-5-4-6-8-17/h9-10,12H,4-8,11,19H2,1-3H3. The predicted molar refractivity (Wildman–Crippen MR) is 85.9 cm³/mol. The van der Waals surface area contributed by atoms with Gasteiger partial charge in [-0.1, -0.05) is 44.7 Å². The Labute approximate surface area is 127 Å². The first kappa shape index (κ1) is 15.7. The van der Waals surface area contributed by atoms with Crippen molar-refractivity contribution in [1.82, 2.24) is 0 Å². The summed E-state index contributed by atoms with van der Waals surface area (Å²) in [6, 6.07) is 4.21. The minimum atomic E-state index is 0.105. The van der Waals surface area contributed by atoms with Gasteiger partial charge in [0.25, 0.3) is 0 Å². The molecule has 0 aromatic heterocycles. The summed E-state index contributed by atoms with van der Waals surface area (Å²) in [6.07, 6.45) is 6.19. The molecule has 1 fully saturated rings. The first-order chi connectivity index (χ1) is 9.54. The molecule has 1 saturated carbocycles. The fraction of sp³-hybridized carbons (Fsp3) is 0.647. The van der Waals surface area contributed by atoms with E-state index in [1.165, 1.54) is 43.2 Å². The summed E-state index contributed by atoms with van der Waals surface area (Å²) in [7, 11) is 1.67. The summed E-state index contributed by atoms with van der Waals surface area (Å²) >= 11 is 6.38. The van der Waals surface area contributed by atoms with E-state index in [4.69, 9.17) is 22.1 Å². The lowest BCUT2D eigenvalue weighted by atomic mass is 9.67. The summed E-state index contributed by atoms with van der Waals surface area (Å²) < 4.78 is 5.38. The van der Waals surface area contributed by atoms with Crippen LogP contribution in [0.15, 0.2) is 12.1 Å². The van der Waals surface area contributed by atoms with Gasteiger partial charge in [0.05, 0.1) is 12.1 Å². The molecule has 20 heavy (non-hydrogen) atoms. The molecule has 2 rings (SSSR count). The Morgan fingerprint density at radius 3 is 2.40 bits per heavy atom. The van der Waals surface area contributed by atoms with Crippen LogP contribution in [0.25, 0.3) is 0 Å². The molecule has 1 aliphatic carbocycles. The van der Waals surface area contributed by atoms with Gasteiger partial charge in [0.1, 0.15) is 5.75 Å². The third-order valence-electron chi connectivity index (χ3n) is 4.72. The van der Waals surface area contributed by atoms with Crippen molar-refractivity contribution in [2.24, 2.45) is 5.73 Å². The second kappa shape index (κ2) is 6.36. The Morgan fingerprint density at radius 2 is 1.90 bits per heavy atom. The number of hydrogen-bond donors (Lipinski definition) is 1. The first-order valence-corrected chi connectivity index (χ1v) is 8.00. The third kappa shape index (κ3) is 2.82. The lowest BCUT2D eigenvalue weighted by molar-refractivity contribution is 0.298. The van der Waals surface area contributed by atoms with E-state index in [-0.39, 0.29) is 5.41 Å². The minimum Gasteiger partial charge on any atom is -0.495 e. The van der Waals surface area contributed by atoms with Gasteiger partial charge >= 0.3 is 0 Å². The molecule has 1 aromatic carbocycles. The molecule has 0 spiro atoms. The Kier molecular flexibility index (Phi) is 4.98. The second-order valence-corrected chi connectivity index (χ2v) is 6.68. The zero-order chi connectivity index (χ0) is 14.8. The van der Waals surface area contributed by atoms with Gasteiger partial charge in [0, 0.05) is 12.0 Å². The number of benzene rings is 1. The molecule has 0 aliphatic heterocycles. The quantitative estimate of drug-likeness (QED) is 0.879. The van der Waals surface area contributed by atoms with Gasteiger partial charge in [-0.15, -0.1) is 0 Å². The highest BCUT2D eigenvalue weighted by Crippen LogP contribution is 2.44. The SMILES string of the molecule is COc1cc(C(C)C)c(C2(CN)CCCCC2)cc1Cl. The minimum absolute atomic E-state index is 0.105. The van der Waals surface area contributed by atoms with Crippen molar-refractivity contribution >= 4 is 11.6 Å². The Bertz CT molecular complexity index is 464. The molecule has 112 valence electrons. The highest BCUT2D eigenvalue weighted by molar-refractivity contribution is 6.32. The molecule has 0 saturated heterocycles. The van der Waals surface area contributed by atoms with Gasteiger partial charge in [0.2, 0.25) is 0 Å². The van der Waals surface area contributed by atoms with Crippen LogP contribution in [0.5, 0.6) is 5.75 Å². The molecule has 0 radical (unpaired) electrons. The third-order valence-corrected chi connectivity index (χ3v) is 5.01. The summed E-state index contributed by atoms with van der Waals surface area (Å²) in [5, 5.41) is 0.699. The number of ether oxygens (including phenoxy) is 1. The van der Waals surface area contributed by atoms with Crippen molar-refractivity contribution in [3.05, 3.63) is 28.3 Å². The fourth-order valence-corrected chi connectivity index (χ4v) is 3.72. The zero-order valence-electron chi connectivity index (χ0n) is 12.8. The van der Waals surface area contributed by atoms with Gasteiger partial charge < -0.3 is 10.5 Å².